The van der Waals surface area contributed by atoms with E-state index in [0.29, 0.717) is 12.5 Å². The third-order valence-electron chi connectivity index (χ3n) is 4.14. The summed E-state index contributed by atoms with van der Waals surface area (Å²) >= 11 is 0. The predicted molar refractivity (Wildman–Crippen MR) is 95.9 cm³/mol. The first-order chi connectivity index (χ1) is 11.7. The number of hydrogen-bond acceptors (Lipinski definition) is 4. The fourth-order valence-electron chi connectivity index (χ4n) is 2.91. The van der Waals surface area contributed by atoms with E-state index in [2.05, 4.69) is 24.2 Å². The maximum Gasteiger partial charge on any atom is 0.193 e. The SMILES string of the molecule is CCNC(=NCc1cccc(OC)c1OC)N(C)CC1CCOC1. The van der Waals surface area contributed by atoms with Gasteiger partial charge in [-0.1, -0.05) is 12.1 Å². The molecule has 1 fully saturated rings. The first kappa shape index (κ1) is 18.4. The second-order valence-electron chi connectivity index (χ2n) is 5.93. The van der Waals surface area contributed by atoms with Gasteiger partial charge < -0.3 is 24.4 Å². The Morgan fingerprint density at radius 3 is 2.83 bits per heavy atom. The van der Waals surface area contributed by atoms with Crippen LogP contribution < -0.4 is 14.8 Å². The molecule has 24 heavy (non-hydrogen) atoms. The summed E-state index contributed by atoms with van der Waals surface area (Å²) in [5, 5.41) is 3.36. The van der Waals surface area contributed by atoms with Gasteiger partial charge in [-0.25, -0.2) is 4.99 Å². The molecule has 1 unspecified atom stereocenters. The molecule has 0 saturated carbocycles. The lowest BCUT2D eigenvalue weighted by Gasteiger charge is -2.24. The molecule has 1 N–H and O–H groups in total. The molecule has 6 heteroatoms. The van der Waals surface area contributed by atoms with Crippen LogP contribution in [0.25, 0.3) is 0 Å². The first-order valence-corrected chi connectivity index (χ1v) is 8.46. The smallest absolute Gasteiger partial charge is 0.193 e. The number of aliphatic imine (C=N–C) groups is 1. The van der Waals surface area contributed by atoms with Crippen LogP contribution in [-0.4, -0.2) is 58.4 Å². The molecule has 0 spiro atoms. The van der Waals surface area contributed by atoms with E-state index in [1.807, 2.05) is 18.2 Å². The van der Waals surface area contributed by atoms with E-state index in [0.717, 1.165) is 55.7 Å². The lowest BCUT2D eigenvalue weighted by Crippen LogP contribution is -2.41. The normalized spacial score (nSPS) is 17.7. The number of para-hydroxylation sites is 1. The Labute approximate surface area is 144 Å². The highest BCUT2D eigenvalue weighted by molar-refractivity contribution is 5.79. The minimum atomic E-state index is 0.536. The van der Waals surface area contributed by atoms with Crippen molar-refractivity contribution in [3.8, 4) is 11.5 Å². The van der Waals surface area contributed by atoms with Crippen molar-refractivity contribution in [1.29, 1.82) is 0 Å². The Balaban J connectivity index is 2.10. The molecular formula is C18H29N3O3. The van der Waals surface area contributed by atoms with E-state index in [-0.39, 0.29) is 0 Å². The Kier molecular flexibility index (Phi) is 7.18. The first-order valence-electron chi connectivity index (χ1n) is 8.46. The van der Waals surface area contributed by atoms with E-state index in [4.69, 9.17) is 19.2 Å². The summed E-state index contributed by atoms with van der Waals surface area (Å²) in [5.74, 6) is 2.94. The van der Waals surface area contributed by atoms with Crippen LogP contribution in [-0.2, 0) is 11.3 Å². The topological polar surface area (TPSA) is 55.3 Å². The zero-order valence-corrected chi connectivity index (χ0v) is 15.2. The van der Waals surface area contributed by atoms with Crippen LogP contribution in [0.2, 0.25) is 0 Å². The number of hydrogen-bond donors (Lipinski definition) is 1. The highest BCUT2D eigenvalue weighted by atomic mass is 16.5. The average molecular weight is 335 g/mol. The minimum Gasteiger partial charge on any atom is -0.493 e. The lowest BCUT2D eigenvalue weighted by molar-refractivity contribution is 0.181. The fourth-order valence-corrected chi connectivity index (χ4v) is 2.91. The maximum atomic E-state index is 5.48. The molecule has 0 radical (unpaired) electrons. The monoisotopic (exact) mass is 335 g/mol. The van der Waals surface area contributed by atoms with Crippen LogP contribution >= 0.6 is 0 Å². The molecule has 0 bridgehead atoms. The van der Waals surface area contributed by atoms with E-state index in [1.54, 1.807) is 14.2 Å². The van der Waals surface area contributed by atoms with Crippen molar-refractivity contribution >= 4 is 5.96 Å². The molecule has 1 aromatic rings. The summed E-state index contributed by atoms with van der Waals surface area (Å²) in [5.41, 5.74) is 1.00. The molecule has 6 nitrogen and oxygen atoms in total. The summed E-state index contributed by atoms with van der Waals surface area (Å²) in [7, 11) is 5.37. The number of guanidine groups is 1. The summed E-state index contributed by atoms with van der Waals surface area (Å²) in [6, 6.07) is 5.86. The zero-order chi connectivity index (χ0) is 17.4. The molecule has 2 rings (SSSR count). The standard InChI is InChI=1S/C18H29N3O3/c1-5-19-18(21(2)12-14-9-10-24-13-14)20-11-15-7-6-8-16(22-3)17(15)23-4/h6-8,14H,5,9-13H2,1-4H3,(H,19,20). The van der Waals surface area contributed by atoms with Crippen molar-refractivity contribution in [2.75, 3.05) is 47.6 Å². The Bertz CT molecular complexity index is 542. The number of nitrogens with one attached hydrogen (secondary N) is 1. The third kappa shape index (κ3) is 4.77. The van der Waals surface area contributed by atoms with Gasteiger partial charge in [0.15, 0.2) is 17.5 Å². The quantitative estimate of drug-likeness (QED) is 0.611. The van der Waals surface area contributed by atoms with Gasteiger partial charge in [-0.05, 0) is 19.4 Å². The largest absolute Gasteiger partial charge is 0.493 e. The Morgan fingerprint density at radius 1 is 1.38 bits per heavy atom. The molecule has 134 valence electrons. The molecule has 1 saturated heterocycles. The van der Waals surface area contributed by atoms with Crippen LogP contribution in [0.15, 0.2) is 23.2 Å². The van der Waals surface area contributed by atoms with Crippen LogP contribution in [0.1, 0.15) is 18.9 Å². The van der Waals surface area contributed by atoms with E-state index < -0.39 is 0 Å². The van der Waals surface area contributed by atoms with Gasteiger partial charge in [0.05, 0.1) is 27.4 Å². The predicted octanol–water partition coefficient (Wildman–Crippen LogP) is 2.14. The highest BCUT2D eigenvalue weighted by Crippen LogP contribution is 2.31. The Morgan fingerprint density at radius 2 is 2.21 bits per heavy atom. The van der Waals surface area contributed by atoms with E-state index in [9.17, 15) is 0 Å². The van der Waals surface area contributed by atoms with Crippen molar-refractivity contribution < 1.29 is 14.2 Å². The van der Waals surface area contributed by atoms with Gasteiger partial charge in [0.1, 0.15) is 0 Å². The van der Waals surface area contributed by atoms with E-state index >= 15 is 0 Å². The number of ether oxygens (including phenoxy) is 3. The second kappa shape index (κ2) is 9.37. The number of nitrogens with zero attached hydrogens (tertiary/aromatic N) is 2. The zero-order valence-electron chi connectivity index (χ0n) is 15.2. The van der Waals surface area contributed by atoms with Gasteiger partial charge >= 0.3 is 0 Å². The fraction of sp³-hybridized carbons (Fsp3) is 0.611. The lowest BCUT2D eigenvalue weighted by atomic mass is 10.1. The van der Waals surface area contributed by atoms with Crippen molar-refractivity contribution in [3.63, 3.8) is 0 Å². The molecule has 0 amide bonds. The minimum absolute atomic E-state index is 0.536. The summed E-state index contributed by atoms with van der Waals surface area (Å²) in [6.45, 7) is 6.10. The summed E-state index contributed by atoms with van der Waals surface area (Å²) in [6.07, 6.45) is 1.12. The number of methoxy groups -OCH3 is 2. The van der Waals surface area contributed by atoms with Crippen LogP contribution in [0.5, 0.6) is 11.5 Å². The van der Waals surface area contributed by atoms with Crippen LogP contribution in [0, 0.1) is 5.92 Å². The van der Waals surface area contributed by atoms with Crippen LogP contribution in [0.3, 0.4) is 0 Å². The van der Waals surface area contributed by atoms with Gasteiger partial charge in [-0.3, -0.25) is 0 Å². The van der Waals surface area contributed by atoms with Gasteiger partial charge in [0.25, 0.3) is 0 Å². The number of benzene rings is 1. The van der Waals surface area contributed by atoms with Crippen molar-refractivity contribution in [2.45, 2.75) is 19.9 Å². The molecular weight excluding hydrogens is 306 g/mol. The van der Waals surface area contributed by atoms with Crippen molar-refractivity contribution in [3.05, 3.63) is 23.8 Å². The van der Waals surface area contributed by atoms with Gasteiger partial charge in [0, 0.05) is 38.2 Å². The van der Waals surface area contributed by atoms with Crippen molar-refractivity contribution in [1.82, 2.24) is 10.2 Å². The van der Waals surface area contributed by atoms with Crippen molar-refractivity contribution in [2.24, 2.45) is 10.9 Å². The molecule has 1 atom stereocenters. The van der Waals surface area contributed by atoms with Crippen LogP contribution in [0.4, 0.5) is 0 Å². The summed E-state index contributed by atoms with van der Waals surface area (Å²) < 4.78 is 16.3. The molecule has 1 aromatic carbocycles. The third-order valence-corrected chi connectivity index (χ3v) is 4.14. The average Bonchev–Trinajstić information content (AvgIpc) is 3.10. The molecule has 0 aromatic heterocycles. The molecule has 1 aliphatic rings. The maximum absolute atomic E-state index is 5.48. The molecule has 1 heterocycles. The number of rotatable bonds is 7. The Hall–Kier alpha value is -1.95. The van der Waals surface area contributed by atoms with Gasteiger partial charge in [-0.2, -0.15) is 0 Å². The summed E-state index contributed by atoms with van der Waals surface area (Å²) in [4.78, 5) is 6.94. The highest BCUT2D eigenvalue weighted by Gasteiger charge is 2.19. The van der Waals surface area contributed by atoms with Gasteiger partial charge in [-0.15, -0.1) is 0 Å². The van der Waals surface area contributed by atoms with E-state index in [1.165, 1.54) is 0 Å². The molecule has 1 aliphatic heterocycles. The van der Waals surface area contributed by atoms with Gasteiger partial charge in [0.2, 0.25) is 0 Å². The second-order valence-corrected chi connectivity index (χ2v) is 5.93. The molecule has 0 aliphatic carbocycles.